The Hall–Kier alpha value is -0.600. The Labute approximate surface area is 171 Å². The van der Waals surface area contributed by atoms with Crippen LogP contribution in [-0.4, -0.2) is 37.8 Å². The summed E-state index contributed by atoms with van der Waals surface area (Å²) in [6.45, 7) is 4.79. The van der Waals surface area contributed by atoms with E-state index in [1.165, 1.54) is 18.6 Å². The average Bonchev–Trinajstić information content (AvgIpc) is 3.13. The standard InChI is InChI=1S/C18H25ClFN3O.HI/c1-18(2,13-6-4-11(20)8-14(13)19)10-22-17(21-3)23-15-9-12-5-7-16(15)24-12;/h4,6,8,12,15-16H,5,7,9-10H2,1-3H3,(H2,21,22,23);1H. The molecule has 140 valence electrons. The number of fused-ring (bicyclic) bond motifs is 2. The molecule has 0 radical (unpaired) electrons. The molecule has 2 fully saturated rings. The number of rotatable bonds is 4. The van der Waals surface area contributed by atoms with E-state index < -0.39 is 0 Å². The van der Waals surface area contributed by atoms with E-state index in [9.17, 15) is 4.39 Å². The maximum Gasteiger partial charge on any atom is 0.191 e. The lowest BCUT2D eigenvalue weighted by Crippen LogP contribution is -2.49. The first-order valence-corrected chi connectivity index (χ1v) is 8.85. The van der Waals surface area contributed by atoms with Crippen molar-refractivity contribution in [2.24, 2.45) is 4.99 Å². The molecule has 0 saturated carbocycles. The topological polar surface area (TPSA) is 45.7 Å². The molecule has 2 saturated heterocycles. The number of aliphatic imine (C=N–C) groups is 1. The third kappa shape index (κ3) is 4.77. The van der Waals surface area contributed by atoms with Crippen molar-refractivity contribution in [2.75, 3.05) is 13.6 Å². The Morgan fingerprint density at radius 3 is 2.72 bits per heavy atom. The fourth-order valence-corrected chi connectivity index (χ4v) is 4.02. The molecule has 1 aromatic carbocycles. The van der Waals surface area contributed by atoms with Crippen LogP contribution < -0.4 is 10.6 Å². The first-order chi connectivity index (χ1) is 11.4. The first-order valence-electron chi connectivity index (χ1n) is 8.47. The molecule has 4 nitrogen and oxygen atoms in total. The first kappa shape index (κ1) is 20.7. The summed E-state index contributed by atoms with van der Waals surface area (Å²) < 4.78 is 19.1. The van der Waals surface area contributed by atoms with Crippen LogP contribution in [0.15, 0.2) is 23.2 Å². The van der Waals surface area contributed by atoms with Gasteiger partial charge in [0.15, 0.2) is 5.96 Å². The van der Waals surface area contributed by atoms with Crippen LogP contribution >= 0.6 is 35.6 Å². The predicted molar refractivity (Wildman–Crippen MR) is 111 cm³/mol. The Morgan fingerprint density at radius 2 is 2.16 bits per heavy atom. The van der Waals surface area contributed by atoms with E-state index in [-0.39, 0.29) is 35.2 Å². The summed E-state index contributed by atoms with van der Waals surface area (Å²) in [5.41, 5.74) is 0.657. The van der Waals surface area contributed by atoms with Gasteiger partial charge >= 0.3 is 0 Å². The Balaban J connectivity index is 0.00000225. The zero-order chi connectivity index (χ0) is 17.3. The van der Waals surface area contributed by atoms with Crippen molar-refractivity contribution >= 4 is 41.5 Å². The van der Waals surface area contributed by atoms with Gasteiger partial charge in [-0.1, -0.05) is 31.5 Å². The van der Waals surface area contributed by atoms with Gasteiger partial charge in [0, 0.05) is 24.0 Å². The van der Waals surface area contributed by atoms with Crippen LogP contribution in [0.2, 0.25) is 5.02 Å². The highest BCUT2D eigenvalue weighted by Crippen LogP contribution is 2.34. The molecule has 0 spiro atoms. The summed E-state index contributed by atoms with van der Waals surface area (Å²) in [5, 5.41) is 7.28. The van der Waals surface area contributed by atoms with Crippen LogP contribution in [0.4, 0.5) is 4.39 Å². The number of ether oxygens (including phenoxy) is 1. The van der Waals surface area contributed by atoms with E-state index in [4.69, 9.17) is 16.3 Å². The second-order valence-corrected chi connectivity index (χ2v) is 7.70. The molecule has 3 atom stereocenters. The summed E-state index contributed by atoms with van der Waals surface area (Å²) >= 11 is 6.21. The van der Waals surface area contributed by atoms with Gasteiger partial charge in [-0.25, -0.2) is 4.39 Å². The number of nitrogens with zero attached hydrogens (tertiary/aromatic N) is 1. The Kier molecular flexibility index (Phi) is 6.95. The molecule has 3 unspecified atom stereocenters. The molecular weight excluding hydrogens is 456 g/mol. The SMILES string of the molecule is CN=C(NCC(C)(C)c1ccc(F)cc1Cl)NC1CC2CCC1O2.I. The average molecular weight is 482 g/mol. The van der Waals surface area contributed by atoms with Crippen LogP contribution in [-0.2, 0) is 10.2 Å². The van der Waals surface area contributed by atoms with Crippen molar-refractivity contribution in [3.63, 3.8) is 0 Å². The highest BCUT2D eigenvalue weighted by molar-refractivity contribution is 14.0. The van der Waals surface area contributed by atoms with Gasteiger partial charge in [0.25, 0.3) is 0 Å². The summed E-state index contributed by atoms with van der Waals surface area (Å²) in [5.74, 6) is 0.448. The lowest BCUT2D eigenvalue weighted by molar-refractivity contribution is 0.0992. The van der Waals surface area contributed by atoms with Crippen LogP contribution in [0.25, 0.3) is 0 Å². The Bertz CT molecular complexity index is 641. The van der Waals surface area contributed by atoms with Crippen LogP contribution in [0.3, 0.4) is 0 Å². The third-order valence-corrected chi connectivity index (χ3v) is 5.32. The van der Waals surface area contributed by atoms with Gasteiger partial charge in [-0.05, 0) is 37.0 Å². The van der Waals surface area contributed by atoms with Crippen molar-refractivity contribution in [3.05, 3.63) is 34.6 Å². The summed E-state index contributed by atoms with van der Waals surface area (Å²) in [4.78, 5) is 4.31. The number of halogens is 3. The number of hydrogen-bond acceptors (Lipinski definition) is 2. The van der Waals surface area contributed by atoms with Crippen molar-refractivity contribution in [1.82, 2.24) is 10.6 Å². The van der Waals surface area contributed by atoms with E-state index in [1.807, 2.05) is 0 Å². The van der Waals surface area contributed by atoms with Crippen LogP contribution in [0.1, 0.15) is 38.7 Å². The van der Waals surface area contributed by atoms with Crippen molar-refractivity contribution in [2.45, 2.75) is 56.8 Å². The molecule has 0 amide bonds. The van der Waals surface area contributed by atoms with Crippen molar-refractivity contribution < 1.29 is 9.13 Å². The lowest BCUT2D eigenvalue weighted by Gasteiger charge is -2.29. The minimum Gasteiger partial charge on any atom is -0.373 e. The van der Waals surface area contributed by atoms with E-state index in [1.54, 1.807) is 13.1 Å². The monoisotopic (exact) mass is 481 g/mol. The molecule has 2 N–H and O–H groups in total. The maximum absolute atomic E-state index is 13.3. The van der Waals surface area contributed by atoms with E-state index in [0.29, 0.717) is 29.8 Å². The second kappa shape index (κ2) is 8.39. The van der Waals surface area contributed by atoms with Gasteiger partial charge in [-0.3, -0.25) is 4.99 Å². The van der Waals surface area contributed by atoms with Gasteiger partial charge in [0.2, 0.25) is 0 Å². The molecule has 25 heavy (non-hydrogen) atoms. The highest BCUT2D eigenvalue weighted by Gasteiger charge is 2.41. The molecule has 2 heterocycles. The number of nitrogens with one attached hydrogen (secondary N) is 2. The normalized spacial score (nSPS) is 25.6. The minimum atomic E-state index is -0.318. The number of hydrogen-bond donors (Lipinski definition) is 2. The molecule has 2 bridgehead atoms. The van der Waals surface area contributed by atoms with E-state index in [0.717, 1.165) is 24.4 Å². The van der Waals surface area contributed by atoms with Gasteiger partial charge in [0.1, 0.15) is 5.82 Å². The lowest BCUT2D eigenvalue weighted by atomic mass is 9.84. The Morgan fingerprint density at radius 1 is 1.40 bits per heavy atom. The summed E-state index contributed by atoms with van der Waals surface area (Å²) in [6.07, 6.45) is 4.03. The van der Waals surface area contributed by atoms with Gasteiger partial charge in [-0.2, -0.15) is 0 Å². The van der Waals surface area contributed by atoms with Crippen molar-refractivity contribution in [3.8, 4) is 0 Å². The molecular formula is C18H26ClFIN3O. The molecule has 2 aliphatic rings. The van der Waals surface area contributed by atoms with E-state index in [2.05, 4.69) is 29.5 Å². The minimum absolute atomic E-state index is 0. The second-order valence-electron chi connectivity index (χ2n) is 7.29. The number of benzene rings is 1. The van der Waals surface area contributed by atoms with Gasteiger partial charge in [0.05, 0.1) is 18.2 Å². The summed E-state index contributed by atoms with van der Waals surface area (Å²) in [7, 11) is 1.77. The van der Waals surface area contributed by atoms with Crippen LogP contribution in [0, 0.1) is 5.82 Å². The molecule has 2 aliphatic heterocycles. The number of guanidine groups is 1. The largest absolute Gasteiger partial charge is 0.373 e. The van der Waals surface area contributed by atoms with Crippen molar-refractivity contribution in [1.29, 1.82) is 0 Å². The molecule has 7 heteroatoms. The maximum atomic E-state index is 13.3. The zero-order valence-corrected chi connectivity index (χ0v) is 17.9. The van der Waals surface area contributed by atoms with Gasteiger partial charge < -0.3 is 15.4 Å². The van der Waals surface area contributed by atoms with Crippen LogP contribution in [0.5, 0.6) is 0 Å². The smallest absolute Gasteiger partial charge is 0.191 e. The summed E-state index contributed by atoms with van der Waals surface area (Å²) in [6, 6.07) is 4.88. The molecule has 1 aromatic rings. The van der Waals surface area contributed by atoms with Gasteiger partial charge in [-0.15, -0.1) is 24.0 Å². The third-order valence-electron chi connectivity index (χ3n) is 5.01. The molecule has 0 aromatic heterocycles. The molecule has 0 aliphatic carbocycles. The zero-order valence-electron chi connectivity index (χ0n) is 14.8. The molecule has 3 rings (SSSR count). The van der Waals surface area contributed by atoms with E-state index >= 15 is 0 Å². The fourth-order valence-electron chi connectivity index (χ4n) is 3.60. The quantitative estimate of drug-likeness (QED) is 0.390. The fraction of sp³-hybridized carbons (Fsp3) is 0.611. The highest BCUT2D eigenvalue weighted by atomic mass is 127. The predicted octanol–water partition coefficient (Wildman–Crippen LogP) is 3.86.